The standard InChI is InChI=1S/C12H26N2/c1-6-10(3)11-8-13-12(4,7-2)9-14(11)5/h10-11,13H,6-9H2,1-5H3. The molecule has 0 bridgehead atoms. The van der Waals surface area contributed by atoms with Gasteiger partial charge in [0.05, 0.1) is 0 Å². The van der Waals surface area contributed by atoms with Gasteiger partial charge in [-0.2, -0.15) is 0 Å². The predicted molar refractivity (Wildman–Crippen MR) is 62.6 cm³/mol. The lowest BCUT2D eigenvalue weighted by atomic mass is 9.89. The van der Waals surface area contributed by atoms with Crippen molar-refractivity contribution < 1.29 is 0 Å². The van der Waals surface area contributed by atoms with E-state index in [4.69, 9.17) is 0 Å². The molecule has 1 saturated heterocycles. The molecule has 0 amide bonds. The van der Waals surface area contributed by atoms with Gasteiger partial charge in [0.15, 0.2) is 0 Å². The van der Waals surface area contributed by atoms with Gasteiger partial charge in [-0.3, -0.25) is 0 Å². The van der Waals surface area contributed by atoms with Crippen LogP contribution in [0.15, 0.2) is 0 Å². The lowest BCUT2D eigenvalue weighted by Gasteiger charge is -2.46. The number of hydrogen-bond acceptors (Lipinski definition) is 2. The molecule has 1 aliphatic heterocycles. The summed E-state index contributed by atoms with van der Waals surface area (Å²) in [6.45, 7) is 11.6. The number of likely N-dealkylation sites (N-methyl/N-ethyl adjacent to an activating group) is 1. The fourth-order valence-corrected chi connectivity index (χ4v) is 2.37. The molecule has 3 atom stereocenters. The zero-order valence-corrected chi connectivity index (χ0v) is 10.4. The molecular weight excluding hydrogens is 172 g/mol. The highest BCUT2D eigenvalue weighted by molar-refractivity contribution is 4.94. The first-order valence-electron chi connectivity index (χ1n) is 5.97. The van der Waals surface area contributed by atoms with E-state index in [1.54, 1.807) is 0 Å². The summed E-state index contributed by atoms with van der Waals surface area (Å²) in [6, 6.07) is 0.722. The highest BCUT2D eigenvalue weighted by Crippen LogP contribution is 2.22. The van der Waals surface area contributed by atoms with Crippen molar-refractivity contribution in [2.45, 2.75) is 52.1 Å². The summed E-state index contributed by atoms with van der Waals surface area (Å²) in [5.41, 5.74) is 0.332. The van der Waals surface area contributed by atoms with Gasteiger partial charge >= 0.3 is 0 Å². The number of hydrogen-bond donors (Lipinski definition) is 1. The quantitative estimate of drug-likeness (QED) is 0.747. The van der Waals surface area contributed by atoms with Gasteiger partial charge in [-0.05, 0) is 26.3 Å². The first-order chi connectivity index (χ1) is 6.52. The monoisotopic (exact) mass is 198 g/mol. The van der Waals surface area contributed by atoms with Crippen molar-refractivity contribution in [2.75, 3.05) is 20.1 Å². The Morgan fingerprint density at radius 3 is 2.57 bits per heavy atom. The molecule has 1 fully saturated rings. The van der Waals surface area contributed by atoms with E-state index in [0.29, 0.717) is 5.54 Å². The fraction of sp³-hybridized carbons (Fsp3) is 1.00. The van der Waals surface area contributed by atoms with Crippen molar-refractivity contribution in [3.63, 3.8) is 0 Å². The predicted octanol–water partition coefficient (Wildman–Crippen LogP) is 2.10. The van der Waals surface area contributed by atoms with E-state index in [2.05, 4.69) is 45.0 Å². The summed E-state index contributed by atoms with van der Waals surface area (Å²) in [7, 11) is 2.27. The summed E-state index contributed by atoms with van der Waals surface area (Å²) < 4.78 is 0. The van der Waals surface area contributed by atoms with E-state index < -0.39 is 0 Å². The van der Waals surface area contributed by atoms with Gasteiger partial charge < -0.3 is 10.2 Å². The maximum Gasteiger partial charge on any atom is 0.0278 e. The largest absolute Gasteiger partial charge is 0.309 e. The van der Waals surface area contributed by atoms with Gasteiger partial charge in [0.25, 0.3) is 0 Å². The molecule has 0 aromatic heterocycles. The molecular formula is C12H26N2. The average Bonchev–Trinajstić information content (AvgIpc) is 2.17. The second kappa shape index (κ2) is 4.63. The number of nitrogens with one attached hydrogen (secondary N) is 1. The zero-order valence-electron chi connectivity index (χ0n) is 10.4. The van der Waals surface area contributed by atoms with Crippen molar-refractivity contribution in [2.24, 2.45) is 5.92 Å². The third-order valence-electron chi connectivity index (χ3n) is 3.98. The van der Waals surface area contributed by atoms with Crippen LogP contribution in [0, 0.1) is 5.92 Å². The van der Waals surface area contributed by atoms with Crippen molar-refractivity contribution in [3.8, 4) is 0 Å². The molecule has 0 radical (unpaired) electrons. The maximum absolute atomic E-state index is 3.70. The SMILES string of the molecule is CCC(C)C1CNC(C)(CC)CN1C. The smallest absolute Gasteiger partial charge is 0.0278 e. The first-order valence-corrected chi connectivity index (χ1v) is 5.97. The Kier molecular flexibility index (Phi) is 3.96. The molecule has 0 aromatic rings. The summed E-state index contributed by atoms with van der Waals surface area (Å²) in [5.74, 6) is 0.800. The van der Waals surface area contributed by atoms with Crippen LogP contribution < -0.4 is 5.32 Å². The highest BCUT2D eigenvalue weighted by Gasteiger charge is 2.34. The fourth-order valence-electron chi connectivity index (χ4n) is 2.37. The Labute approximate surface area is 89.1 Å². The van der Waals surface area contributed by atoms with Crippen LogP contribution in [0.5, 0.6) is 0 Å². The van der Waals surface area contributed by atoms with E-state index in [-0.39, 0.29) is 0 Å². The van der Waals surface area contributed by atoms with Crippen LogP contribution in [0.4, 0.5) is 0 Å². The molecule has 1 heterocycles. The van der Waals surface area contributed by atoms with E-state index >= 15 is 0 Å². The molecule has 0 aliphatic carbocycles. The van der Waals surface area contributed by atoms with E-state index in [9.17, 15) is 0 Å². The minimum Gasteiger partial charge on any atom is -0.309 e. The molecule has 0 saturated carbocycles. The number of rotatable bonds is 3. The average molecular weight is 198 g/mol. The molecule has 3 unspecified atom stereocenters. The van der Waals surface area contributed by atoms with Gasteiger partial charge in [-0.15, -0.1) is 0 Å². The summed E-state index contributed by atoms with van der Waals surface area (Å²) >= 11 is 0. The van der Waals surface area contributed by atoms with Gasteiger partial charge in [-0.1, -0.05) is 27.2 Å². The Morgan fingerprint density at radius 1 is 1.50 bits per heavy atom. The molecule has 14 heavy (non-hydrogen) atoms. The molecule has 1 N–H and O–H groups in total. The Morgan fingerprint density at radius 2 is 2.14 bits per heavy atom. The maximum atomic E-state index is 3.70. The van der Waals surface area contributed by atoms with Crippen molar-refractivity contribution in [1.29, 1.82) is 0 Å². The summed E-state index contributed by atoms with van der Waals surface area (Å²) in [6.07, 6.45) is 2.49. The van der Waals surface area contributed by atoms with Crippen molar-refractivity contribution in [3.05, 3.63) is 0 Å². The Hall–Kier alpha value is -0.0800. The molecule has 1 aliphatic rings. The molecule has 0 aromatic carbocycles. The van der Waals surface area contributed by atoms with Crippen molar-refractivity contribution >= 4 is 0 Å². The number of piperazine rings is 1. The van der Waals surface area contributed by atoms with Crippen LogP contribution in [0.1, 0.15) is 40.5 Å². The summed E-state index contributed by atoms with van der Waals surface area (Å²) in [4.78, 5) is 2.54. The minimum atomic E-state index is 0.332. The van der Waals surface area contributed by atoms with Gasteiger partial charge in [0.2, 0.25) is 0 Å². The summed E-state index contributed by atoms with van der Waals surface area (Å²) in [5, 5.41) is 3.70. The second-order valence-corrected chi connectivity index (χ2v) is 5.16. The highest BCUT2D eigenvalue weighted by atomic mass is 15.2. The van der Waals surface area contributed by atoms with E-state index in [1.165, 1.54) is 19.4 Å². The number of nitrogens with zero attached hydrogens (tertiary/aromatic N) is 1. The normalized spacial score (nSPS) is 37.1. The first kappa shape index (κ1) is 12.0. The molecule has 2 nitrogen and oxygen atoms in total. The van der Waals surface area contributed by atoms with Gasteiger partial charge in [-0.25, -0.2) is 0 Å². The minimum absolute atomic E-state index is 0.332. The van der Waals surface area contributed by atoms with Gasteiger partial charge in [0.1, 0.15) is 0 Å². The Balaban J connectivity index is 2.56. The lowest BCUT2D eigenvalue weighted by molar-refractivity contribution is 0.0781. The third-order valence-corrected chi connectivity index (χ3v) is 3.98. The van der Waals surface area contributed by atoms with Crippen LogP contribution in [-0.2, 0) is 0 Å². The third kappa shape index (κ3) is 2.48. The van der Waals surface area contributed by atoms with E-state index in [0.717, 1.165) is 18.5 Å². The molecule has 2 heteroatoms. The topological polar surface area (TPSA) is 15.3 Å². The van der Waals surface area contributed by atoms with Crippen LogP contribution in [0.25, 0.3) is 0 Å². The zero-order chi connectivity index (χ0) is 10.8. The van der Waals surface area contributed by atoms with Crippen LogP contribution >= 0.6 is 0 Å². The lowest BCUT2D eigenvalue weighted by Crippen LogP contribution is -2.62. The van der Waals surface area contributed by atoms with Crippen LogP contribution in [0.2, 0.25) is 0 Å². The molecule has 1 rings (SSSR count). The van der Waals surface area contributed by atoms with Crippen LogP contribution in [-0.4, -0.2) is 36.6 Å². The second-order valence-electron chi connectivity index (χ2n) is 5.16. The van der Waals surface area contributed by atoms with Crippen molar-refractivity contribution in [1.82, 2.24) is 10.2 Å². The Bertz CT molecular complexity index is 181. The van der Waals surface area contributed by atoms with E-state index in [1.807, 2.05) is 0 Å². The molecule has 84 valence electrons. The van der Waals surface area contributed by atoms with Crippen LogP contribution in [0.3, 0.4) is 0 Å². The van der Waals surface area contributed by atoms with Gasteiger partial charge in [0, 0.05) is 24.7 Å². The molecule has 0 spiro atoms.